The fourth-order valence-corrected chi connectivity index (χ4v) is 1.08. The van der Waals surface area contributed by atoms with Crippen molar-refractivity contribution in [1.29, 1.82) is 5.26 Å². The number of carbonyl (C=O) groups is 1. The van der Waals surface area contributed by atoms with Gasteiger partial charge in [-0.1, -0.05) is 6.92 Å². The van der Waals surface area contributed by atoms with Crippen molar-refractivity contribution >= 4 is 5.91 Å². The van der Waals surface area contributed by atoms with Crippen LogP contribution < -0.4 is 11.1 Å². The molecule has 0 aromatic heterocycles. The van der Waals surface area contributed by atoms with Crippen molar-refractivity contribution < 1.29 is 4.79 Å². The second-order valence-corrected chi connectivity index (χ2v) is 2.59. The number of hydrogen-bond acceptors (Lipinski definition) is 3. The summed E-state index contributed by atoms with van der Waals surface area (Å²) in [6.07, 6.45) is 0.351. The zero-order chi connectivity index (χ0) is 8.43. The molecular formula is C7H9N3O. The molecule has 0 aromatic rings. The third-order valence-electron chi connectivity index (χ3n) is 1.67. The Morgan fingerprint density at radius 2 is 2.45 bits per heavy atom. The molecule has 1 amide bonds. The minimum Gasteiger partial charge on any atom is -0.384 e. The largest absolute Gasteiger partial charge is 0.384 e. The highest BCUT2D eigenvalue weighted by molar-refractivity contribution is 5.80. The minimum atomic E-state index is -0.117. The molecule has 1 aliphatic heterocycles. The number of hydrogen-bond donors (Lipinski definition) is 2. The molecule has 1 atom stereocenters. The van der Waals surface area contributed by atoms with Gasteiger partial charge in [0.05, 0.1) is 11.6 Å². The fourth-order valence-electron chi connectivity index (χ4n) is 1.08. The van der Waals surface area contributed by atoms with Crippen molar-refractivity contribution in [3.8, 4) is 6.07 Å². The van der Waals surface area contributed by atoms with Gasteiger partial charge in [0.2, 0.25) is 5.91 Å². The molecule has 4 nitrogen and oxygen atoms in total. The van der Waals surface area contributed by atoms with Gasteiger partial charge in [0.15, 0.2) is 0 Å². The van der Waals surface area contributed by atoms with Gasteiger partial charge in [0, 0.05) is 12.3 Å². The molecule has 0 aliphatic carbocycles. The highest BCUT2D eigenvalue weighted by Crippen LogP contribution is 2.18. The first-order chi connectivity index (χ1) is 5.15. The molecule has 0 aromatic carbocycles. The van der Waals surface area contributed by atoms with E-state index in [9.17, 15) is 4.79 Å². The van der Waals surface area contributed by atoms with E-state index in [1.165, 1.54) is 0 Å². The number of rotatable bonds is 0. The van der Waals surface area contributed by atoms with Gasteiger partial charge >= 0.3 is 0 Å². The Hall–Kier alpha value is -1.50. The molecule has 11 heavy (non-hydrogen) atoms. The monoisotopic (exact) mass is 151 g/mol. The average Bonchev–Trinajstić information content (AvgIpc) is 1.85. The molecule has 1 heterocycles. The van der Waals surface area contributed by atoms with Crippen LogP contribution in [0.5, 0.6) is 0 Å². The maximum atomic E-state index is 10.8. The average molecular weight is 151 g/mol. The van der Waals surface area contributed by atoms with Crippen molar-refractivity contribution in [1.82, 2.24) is 5.32 Å². The number of allylic oxidation sites excluding steroid dienone is 1. The number of amides is 1. The summed E-state index contributed by atoms with van der Waals surface area (Å²) in [6, 6.07) is 1.96. The predicted octanol–water partition coefficient (Wildman–Crippen LogP) is -0.164. The van der Waals surface area contributed by atoms with Gasteiger partial charge in [-0.15, -0.1) is 0 Å². The zero-order valence-electron chi connectivity index (χ0n) is 6.22. The normalized spacial score (nSPS) is 24.4. The lowest BCUT2D eigenvalue weighted by atomic mass is 9.95. The number of nitrogens with two attached hydrogens (primary N) is 1. The summed E-state index contributed by atoms with van der Waals surface area (Å²) >= 11 is 0. The Bertz CT molecular complexity index is 261. The molecule has 0 spiro atoms. The first kappa shape index (κ1) is 7.61. The van der Waals surface area contributed by atoms with Crippen LogP contribution in [0.4, 0.5) is 0 Å². The first-order valence-electron chi connectivity index (χ1n) is 3.34. The first-order valence-corrected chi connectivity index (χ1v) is 3.34. The summed E-state index contributed by atoms with van der Waals surface area (Å²) in [4.78, 5) is 10.8. The van der Waals surface area contributed by atoms with Gasteiger partial charge < -0.3 is 11.1 Å². The quantitative estimate of drug-likeness (QED) is 0.504. The Labute approximate surface area is 64.7 Å². The third-order valence-corrected chi connectivity index (χ3v) is 1.67. The van der Waals surface area contributed by atoms with Crippen LogP contribution in [-0.2, 0) is 4.79 Å². The summed E-state index contributed by atoms with van der Waals surface area (Å²) in [5, 5.41) is 11.0. The number of nitriles is 1. The highest BCUT2D eigenvalue weighted by atomic mass is 16.1. The molecule has 0 bridgehead atoms. The smallest absolute Gasteiger partial charge is 0.226 e. The molecule has 1 aliphatic rings. The SMILES string of the molecule is CC1CC(=O)NC(N)=C1C#N. The molecule has 1 rings (SSSR count). The van der Waals surface area contributed by atoms with Gasteiger partial charge in [-0.2, -0.15) is 5.26 Å². The lowest BCUT2D eigenvalue weighted by molar-refractivity contribution is -0.121. The van der Waals surface area contributed by atoms with Crippen molar-refractivity contribution in [2.45, 2.75) is 13.3 Å². The Kier molecular flexibility index (Phi) is 1.81. The summed E-state index contributed by atoms with van der Waals surface area (Å²) in [6.45, 7) is 1.81. The zero-order valence-corrected chi connectivity index (χ0v) is 6.22. The van der Waals surface area contributed by atoms with Crippen LogP contribution in [0.25, 0.3) is 0 Å². The Balaban J connectivity index is 2.97. The minimum absolute atomic E-state index is 0.0475. The van der Waals surface area contributed by atoms with E-state index in [0.29, 0.717) is 12.0 Å². The van der Waals surface area contributed by atoms with Crippen molar-refractivity contribution in [3.63, 3.8) is 0 Å². The molecule has 0 saturated heterocycles. The summed E-state index contributed by atoms with van der Waals surface area (Å²) in [5.41, 5.74) is 5.87. The highest BCUT2D eigenvalue weighted by Gasteiger charge is 2.22. The molecule has 3 N–H and O–H groups in total. The van der Waals surface area contributed by atoms with Gasteiger partial charge in [-0.3, -0.25) is 4.79 Å². The molecular weight excluding hydrogens is 142 g/mol. The number of carbonyl (C=O) groups excluding carboxylic acids is 1. The summed E-state index contributed by atoms with van der Waals surface area (Å²) in [7, 11) is 0. The lowest BCUT2D eigenvalue weighted by Gasteiger charge is -2.18. The van der Waals surface area contributed by atoms with E-state index in [-0.39, 0.29) is 17.6 Å². The number of nitrogens with one attached hydrogen (secondary N) is 1. The second-order valence-electron chi connectivity index (χ2n) is 2.59. The van der Waals surface area contributed by atoms with Crippen LogP contribution in [0.2, 0.25) is 0 Å². The molecule has 1 unspecified atom stereocenters. The standard InChI is InChI=1S/C7H9N3O/c1-4-2-6(11)10-7(9)5(4)3-8/h4H,2,9H2,1H3,(H,10,11). The maximum absolute atomic E-state index is 10.8. The van der Waals surface area contributed by atoms with E-state index >= 15 is 0 Å². The lowest BCUT2D eigenvalue weighted by Crippen LogP contribution is -2.35. The van der Waals surface area contributed by atoms with Crippen LogP contribution >= 0.6 is 0 Å². The van der Waals surface area contributed by atoms with Crippen molar-refractivity contribution in [3.05, 3.63) is 11.4 Å². The van der Waals surface area contributed by atoms with Crippen LogP contribution in [0.3, 0.4) is 0 Å². The molecule has 4 heteroatoms. The van der Waals surface area contributed by atoms with E-state index in [2.05, 4.69) is 5.32 Å². The van der Waals surface area contributed by atoms with Crippen LogP contribution in [0.15, 0.2) is 11.4 Å². The molecule has 0 radical (unpaired) electrons. The van der Waals surface area contributed by atoms with Crippen molar-refractivity contribution in [2.75, 3.05) is 0 Å². The van der Waals surface area contributed by atoms with Gasteiger partial charge in [0.1, 0.15) is 5.82 Å². The Morgan fingerprint density at radius 3 is 2.91 bits per heavy atom. The Morgan fingerprint density at radius 1 is 1.82 bits per heavy atom. The molecule has 58 valence electrons. The molecule has 0 saturated carbocycles. The topological polar surface area (TPSA) is 78.9 Å². The van der Waals surface area contributed by atoms with E-state index < -0.39 is 0 Å². The van der Waals surface area contributed by atoms with E-state index in [1.807, 2.05) is 13.0 Å². The third kappa shape index (κ3) is 1.32. The van der Waals surface area contributed by atoms with Crippen molar-refractivity contribution in [2.24, 2.45) is 11.7 Å². The van der Waals surface area contributed by atoms with Gasteiger partial charge in [-0.05, 0) is 0 Å². The van der Waals surface area contributed by atoms with E-state index in [4.69, 9.17) is 11.0 Å². The number of nitrogens with zero attached hydrogens (tertiary/aromatic N) is 1. The summed E-state index contributed by atoms with van der Waals surface area (Å²) in [5.74, 6) is 0.0407. The van der Waals surface area contributed by atoms with E-state index in [0.717, 1.165) is 0 Å². The van der Waals surface area contributed by atoms with Gasteiger partial charge in [0.25, 0.3) is 0 Å². The van der Waals surface area contributed by atoms with Crippen LogP contribution in [-0.4, -0.2) is 5.91 Å². The predicted molar refractivity (Wildman–Crippen MR) is 38.8 cm³/mol. The van der Waals surface area contributed by atoms with Crippen LogP contribution in [0.1, 0.15) is 13.3 Å². The second kappa shape index (κ2) is 2.62. The van der Waals surface area contributed by atoms with Gasteiger partial charge in [-0.25, -0.2) is 0 Å². The van der Waals surface area contributed by atoms with E-state index in [1.54, 1.807) is 0 Å². The fraction of sp³-hybridized carbons (Fsp3) is 0.429. The van der Waals surface area contributed by atoms with Crippen LogP contribution in [0, 0.1) is 17.2 Å². The summed E-state index contributed by atoms with van der Waals surface area (Å²) < 4.78 is 0. The maximum Gasteiger partial charge on any atom is 0.226 e. The molecule has 0 fully saturated rings.